The van der Waals surface area contributed by atoms with E-state index in [-0.39, 0.29) is 11.4 Å². The van der Waals surface area contributed by atoms with Crippen molar-refractivity contribution in [3.8, 4) is 11.8 Å². The number of thiophene rings is 1. The molecule has 1 aromatic rings. The molecule has 1 aliphatic rings. The van der Waals surface area contributed by atoms with E-state index in [0.717, 1.165) is 27.5 Å². The van der Waals surface area contributed by atoms with E-state index >= 15 is 0 Å². The fourth-order valence-electron chi connectivity index (χ4n) is 3.10. The maximum atomic E-state index is 13.9. The topological polar surface area (TPSA) is 77.8 Å². The van der Waals surface area contributed by atoms with Crippen molar-refractivity contribution in [2.75, 3.05) is 6.54 Å². The van der Waals surface area contributed by atoms with Crippen LogP contribution in [0.3, 0.4) is 0 Å². The van der Waals surface area contributed by atoms with Crippen LogP contribution in [0.25, 0.3) is 0 Å². The summed E-state index contributed by atoms with van der Waals surface area (Å²) in [6.07, 6.45) is 4.14. The Hall–Kier alpha value is -2.24. The average Bonchev–Trinajstić information content (AvgIpc) is 3.22. The summed E-state index contributed by atoms with van der Waals surface area (Å²) in [6, 6.07) is 2.44. The molecule has 0 saturated carbocycles. The number of rotatable bonds is 9. The second kappa shape index (κ2) is 10.5. The number of nitrogens with zero attached hydrogens (tertiary/aromatic N) is 1. The normalized spacial score (nSPS) is 19.4. The lowest BCUT2D eigenvalue weighted by Crippen LogP contribution is -2.36. The van der Waals surface area contributed by atoms with Crippen molar-refractivity contribution >= 4 is 23.2 Å². The van der Waals surface area contributed by atoms with E-state index in [1.807, 2.05) is 6.92 Å². The van der Waals surface area contributed by atoms with Crippen LogP contribution < -0.4 is 0 Å². The number of halogens is 2. The maximum absolute atomic E-state index is 13.9. The summed E-state index contributed by atoms with van der Waals surface area (Å²) in [6.45, 7) is 2.07. The van der Waals surface area contributed by atoms with Crippen molar-refractivity contribution < 1.29 is 28.6 Å². The van der Waals surface area contributed by atoms with E-state index in [2.05, 4.69) is 11.8 Å². The van der Waals surface area contributed by atoms with Gasteiger partial charge in [0.25, 0.3) is 5.91 Å². The summed E-state index contributed by atoms with van der Waals surface area (Å²) >= 11 is 1.14. The highest BCUT2D eigenvalue weighted by Crippen LogP contribution is 2.34. The molecule has 29 heavy (non-hydrogen) atoms. The van der Waals surface area contributed by atoms with Gasteiger partial charge in [-0.3, -0.25) is 4.79 Å². The van der Waals surface area contributed by atoms with Crippen molar-refractivity contribution in [1.82, 2.24) is 4.90 Å². The number of hydrogen-bond donors (Lipinski definition) is 2. The zero-order valence-corrected chi connectivity index (χ0v) is 17.1. The smallest absolute Gasteiger partial charge is 0.345 e. The predicted molar refractivity (Wildman–Crippen MR) is 107 cm³/mol. The minimum Gasteiger partial charge on any atom is -0.477 e. The highest BCUT2D eigenvalue weighted by atomic mass is 32.1. The zero-order chi connectivity index (χ0) is 21.4. The molecule has 1 aromatic heterocycles. The Bertz CT molecular complexity index is 809. The monoisotopic (exact) mass is 425 g/mol. The molecule has 1 aliphatic heterocycles. The maximum Gasteiger partial charge on any atom is 0.345 e. The number of aliphatic hydroxyl groups excluding tert-OH is 1. The number of carboxylic acid groups (broad SMARTS) is 1. The third-order valence-corrected chi connectivity index (χ3v) is 5.69. The quantitative estimate of drug-likeness (QED) is 0.467. The van der Waals surface area contributed by atoms with Crippen molar-refractivity contribution in [1.29, 1.82) is 0 Å². The zero-order valence-electron chi connectivity index (χ0n) is 16.2. The van der Waals surface area contributed by atoms with Gasteiger partial charge < -0.3 is 15.1 Å². The third kappa shape index (κ3) is 6.65. The molecule has 1 amide bonds. The fraction of sp³-hybridized carbons (Fsp3) is 0.524. The predicted octanol–water partition coefficient (Wildman–Crippen LogP) is 3.73. The highest BCUT2D eigenvalue weighted by Gasteiger charge is 2.52. The third-order valence-electron chi connectivity index (χ3n) is 4.56. The largest absolute Gasteiger partial charge is 0.477 e. The molecule has 8 heteroatoms. The highest BCUT2D eigenvalue weighted by molar-refractivity contribution is 7.13. The number of likely N-dealkylation sites (tertiary alicyclic amines) is 1. The molecule has 2 heterocycles. The lowest BCUT2D eigenvalue weighted by Gasteiger charge is -2.21. The Labute approximate surface area is 173 Å². The number of carboxylic acids is 1. The average molecular weight is 425 g/mol. The van der Waals surface area contributed by atoms with Crippen LogP contribution in [0.2, 0.25) is 0 Å². The summed E-state index contributed by atoms with van der Waals surface area (Å²) in [5.41, 5.74) is 0. The summed E-state index contributed by atoms with van der Waals surface area (Å²) in [7, 11) is 0. The van der Waals surface area contributed by atoms with Crippen LogP contribution in [0.15, 0.2) is 24.3 Å². The molecule has 1 saturated heterocycles. The standard InChI is InChI=1S/C21H25F2NO4S/c1-2-3-4-5-7-16(25)10-9-15-14-21(22,23)20(28)24(15)13-6-8-17-11-12-18(29-17)19(26)27/h9-12,15-16,25H,2,5-8,13-14H2,1H3,(H,26,27)/t15-,16-/m0/s1. The van der Waals surface area contributed by atoms with E-state index < -0.39 is 36.4 Å². The first-order chi connectivity index (χ1) is 13.7. The first-order valence-electron chi connectivity index (χ1n) is 9.57. The Kier molecular flexibility index (Phi) is 8.35. The second-order valence-corrected chi connectivity index (χ2v) is 8.02. The van der Waals surface area contributed by atoms with Crippen LogP contribution in [-0.4, -0.2) is 51.6 Å². The lowest BCUT2D eigenvalue weighted by molar-refractivity contribution is -0.148. The number of aromatic carboxylic acids is 1. The molecule has 0 radical (unpaired) electrons. The second-order valence-electron chi connectivity index (χ2n) is 6.85. The molecule has 2 rings (SSSR count). The van der Waals surface area contributed by atoms with E-state index in [4.69, 9.17) is 5.11 Å². The van der Waals surface area contributed by atoms with Crippen LogP contribution in [0.4, 0.5) is 8.78 Å². The number of carbonyl (C=O) groups excluding carboxylic acids is 1. The van der Waals surface area contributed by atoms with Gasteiger partial charge in [0, 0.05) is 30.7 Å². The molecule has 0 bridgehead atoms. The SMILES string of the molecule is CCC#CCC[C@H](O)C=C[C@H]1CC(F)(F)C(=O)N1CCCc1ccc(C(=O)O)s1. The summed E-state index contributed by atoms with van der Waals surface area (Å²) < 4.78 is 27.8. The first-order valence-corrected chi connectivity index (χ1v) is 10.4. The summed E-state index contributed by atoms with van der Waals surface area (Å²) in [4.78, 5) is 25.2. The van der Waals surface area contributed by atoms with Gasteiger partial charge in [0.2, 0.25) is 0 Å². The van der Waals surface area contributed by atoms with Gasteiger partial charge in [0.05, 0.1) is 12.1 Å². The summed E-state index contributed by atoms with van der Waals surface area (Å²) in [5.74, 6) is 0.199. The van der Waals surface area contributed by atoms with E-state index in [1.54, 1.807) is 6.07 Å². The number of hydrogen-bond acceptors (Lipinski definition) is 4. The summed E-state index contributed by atoms with van der Waals surface area (Å²) in [5, 5.41) is 18.9. The number of aliphatic hydroxyl groups is 1. The molecule has 158 valence electrons. The van der Waals surface area contributed by atoms with E-state index in [0.29, 0.717) is 25.7 Å². The Morgan fingerprint density at radius 3 is 2.86 bits per heavy atom. The molecule has 0 aliphatic carbocycles. The van der Waals surface area contributed by atoms with E-state index in [1.165, 1.54) is 18.2 Å². The minimum atomic E-state index is -3.41. The van der Waals surface area contributed by atoms with Crippen LogP contribution in [0.5, 0.6) is 0 Å². The van der Waals surface area contributed by atoms with Gasteiger partial charge in [-0.05, 0) is 31.4 Å². The fourth-order valence-corrected chi connectivity index (χ4v) is 3.99. The Balaban J connectivity index is 1.92. The van der Waals surface area contributed by atoms with Crippen LogP contribution in [0.1, 0.15) is 53.6 Å². The number of alkyl halides is 2. The van der Waals surface area contributed by atoms with Crippen molar-refractivity contribution in [2.45, 2.75) is 63.5 Å². The molecule has 0 spiro atoms. The molecular formula is C21H25F2NO4S. The molecule has 2 atom stereocenters. The van der Waals surface area contributed by atoms with Gasteiger partial charge in [-0.25, -0.2) is 4.79 Å². The molecule has 0 aromatic carbocycles. The van der Waals surface area contributed by atoms with Gasteiger partial charge >= 0.3 is 11.9 Å². The van der Waals surface area contributed by atoms with Gasteiger partial charge in [0.1, 0.15) is 4.88 Å². The van der Waals surface area contributed by atoms with Crippen LogP contribution in [-0.2, 0) is 11.2 Å². The number of carbonyl (C=O) groups is 2. The van der Waals surface area contributed by atoms with Crippen molar-refractivity contribution in [2.24, 2.45) is 0 Å². The minimum absolute atomic E-state index is 0.141. The molecule has 5 nitrogen and oxygen atoms in total. The Morgan fingerprint density at radius 1 is 1.45 bits per heavy atom. The lowest BCUT2D eigenvalue weighted by atomic mass is 10.1. The number of aryl methyl sites for hydroxylation is 1. The first kappa shape index (κ1) is 23.0. The van der Waals surface area contributed by atoms with Crippen molar-refractivity contribution in [3.05, 3.63) is 34.0 Å². The Morgan fingerprint density at radius 2 is 2.21 bits per heavy atom. The number of amides is 1. The van der Waals surface area contributed by atoms with Crippen molar-refractivity contribution in [3.63, 3.8) is 0 Å². The molecular weight excluding hydrogens is 400 g/mol. The van der Waals surface area contributed by atoms with Gasteiger partial charge in [0.15, 0.2) is 0 Å². The molecule has 2 N–H and O–H groups in total. The van der Waals surface area contributed by atoms with Gasteiger partial charge in [-0.1, -0.05) is 19.1 Å². The van der Waals surface area contributed by atoms with E-state index in [9.17, 15) is 23.5 Å². The molecule has 1 fully saturated rings. The van der Waals surface area contributed by atoms with Gasteiger partial charge in [-0.15, -0.1) is 23.2 Å². The van der Waals surface area contributed by atoms with Crippen LogP contribution >= 0.6 is 11.3 Å². The van der Waals surface area contributed by atoms with Gasteiger partial charge in [-0.2, -0.15) is 8.78 Å². The molecule has 0 unspecified atom stereocenters. The van der Waals surface area contributed by atoms with Crippen LogP contribution in [0, 0.1) is 11.8 Å².